The van der Waals surface area contributed by atoms with Gasteiger partial charge in [-0.25, -0.2) is 19.3 Å². The van der Waals surface area contributed by atoms with E-state index < -0.39 is 11.7 Å². The van der Waals surface area contributed by atoms with Crippen LogP contribution in [0.25, 0.3) is 0 Å². The van der Waals surface area contributed by atoms with E-state index in [0.717, 1.165) is 18.7 Å². The van der Waals surface area contributed by atoms with Crippen molar-refractivity contribution in [3.05, 3.63) is 42.4 Å². The number of amides is 1. The van der Waals surface area contributed by atoms with Crippen molar-refractivity contribution in [2.24, 2.45) is 0 Å². The molecule has 0 aliphatic carbocycles. The summed E-state index contributed by atoms with van der Waals surface area (Å²) in [6.07, 6.45) is 6.20. The lowest BCUT2D eigenvalue weighted by atomic mass is 10.2. The smallest absolute Gasteiger partial charge is 0.259 e. The van der Waals surface area contributed by atoms with Gasteiger partial charge in [0.2, 0.25) is 0 Å². The first-order valence-corrected chi connectivity index (χ1v) is 6.16. The van der Waals surface area contributed by atoms with Crippen molar-refractivity contribution < 1.29 is 9.18 Å². The minimum absolute atomic E-state index is 0.141. The van der Waals surface area contributed by atoms with E-state index >= 15 is 0 Å². The summed E-state index contributed by atoms with van der Waals surface area (Å²) in [5.41, 5.74) is 0.575. The second-order valence-corrected chi connectivity index (χ2v) is 4.06. The Kier molecular flexibility index (Phi) is 4.54. The highest BCUT2D eigenvalue weighted by Crippen LogP contribution is 2.15. The van der Waals surface area contributed by atoms with E-state index in [0.29, 0.717) is 18.1 Å². The Morgan fingerprint density at radius 1 is 1.30 bits per heavy atom. The summed E-state index contributed by atoms with van der Waals surface area (Å²) in [6, 6.07) is 1.14. The quantitative estimate of drug-likeness (QED) is 0.873. The van der Waals surface area contributed by atoms with Crippen LogP contribution in [0.15, 0.2) is 31.0 Å². The van der Waals surface area contributed by atoms with Crippen molar-refractivity contribution >= 4 is 17.4 Å². The number of pyridine rings is 1. The van der Waals surface area contributed by atoms with Gasteiger partial charge >= 0.3 is 0 Å². The minimum atomic E-state index is -0.568. The van der Waals surface area contributed by atoms with E-state index in [2.05, 4.69) is 25.6 Å². The van der Waals surface area contributed by atoms with E-state index in [1.807, 2.05) is 6.92 Å². The van der Waals surface area contributed by atoms with Crippen molar-refractivity contribution in [3.8, 4) is 0 Å². The number of halogens is 1. The lowest BCUT2D eigenvalue weighted by Crippen LogP contribution is -2.16. The Labute approximate surface area is 115 Å². The third-order valence-corrected chi connectivity index (χ3v) is 2.46. The molecule has 0 bridgehead atoms. The number of hydrogen-bond donors (Lipinski definition) is 2. The van der Waals surface area contributed by atoms with E-state index in [1.54, 1.807) is 0 Å². The summed E-state index contributed by atoms with van der Waals surface area (Å²) in [4.78, 5) is 23.6. The Balaban J connectivity index is 2.21. The van der Waals surface area contributed by atoms with Crippen LogP contribution in [0.5, 0.6) is 0 Å². The van der Waals surface area contributed by atoms with Gasteiger partial charge in [-0.1, -0.05) is 6.92 Å². The molecule has 2 aromatic heterocycles. The lowest BCUT2D eigenvalue weighted by Gasteiger charge is -2.10. The molecule has 7 heteroatoms. The molecule has 0 aliphatic heterocycles. The maximum atomic E-state index is 13.3. The average Bonchev–Trinajstić information content (AvgIpc) is 2.47. The lowest BCUT2D eigenvalue weighted by molar-refractivity contribution is 0.102. The van der Waals surface area contributed by atoms with Gasteiger partial charge in [-0.05, 0) is 12.5 Å². The Morgan fingerprint density at radius 2 is 2.05 bits per heavy atom. The van der Waals surface area contributed by atoms with Gasteiger partial charge < -0.3 is 10.6 Å². The number of nitrogens with zero attached hydrogens (tertiary/aromatic N) is 3. The molecule has 2 heterocycles. The molecule has 0 radical (unpaired) electrons. The summed E-state index contributed by atoms with van der Waals surface area (Å²) in [5, 5.41) is 5.58. The van der Waals surface area contributed by atoms with Gasteiger partial charge in [0.1, 0.15) is 18.0 Å². The van der Waals surface area contributed by atoms with Crippen molar-refractivity contribution in [2.45, 2.75) is 13.3 Å². The zero-order valence-corrected chi connectivity index (χ0v) is 10.9. The topological polar surface area (TPSA) is 79.8 Å². The number of rotatable bonds is 5. The molecule has 2 aromatic rings. The third kappa shape index (κ3) is 3.47. The van der Waals surface area contributed by atoms with Crippen molar-refractivity contribution in [3.63, 3.8) is 0 Å². The number of carbonyl (C=O) groups excluding carboxylic acids is 1. The summed E-state index contributed by atoms with van der Waals surface area (Å²) < 4.78 is 13.3. The summed E-state index contributed by atoms with van der Waals surface area (Å²) in [6.45, 7) is 2.63. The summed E-state index contributed by atoms with van der Waals surface area (Å²) in [5.74, 6) is -0.686. The summed E-state index contributed by atoms with van der Waals surface area (Å²) in [7, 11) is 0. The zero-order valence-electron chi connectivity index (χ0n) is 10.9. The zero-order chi connectivity index (χ0) is 14.4. The molecule has 0 atom stereocenters. The first-order valence-electron chi connectivity index (χ1n) is 6.16. The van der Waals surface area contributed by atoms with Crippen LogP contribution in [0.3, 0.4) is 0 Å². The molecule has 0 saturated carbocycles. The molecule has 20 heavy (non-hydrogen) atoms. The monoisotopic (exact) mass is 275 g/mol. The minimum Gasteiger partial charge on any atom is -0.369 e. The van der Waals surface area contributed by atoms with Crippen LogP contribution in [-0.4, -0.2) is 27.4 Å². The normalized spacial score (nSPS) is 10.1. The molecule has 0 aromatic carbocycles. The van der Waals surface area contributed by atoms with Gasteiger partial charge in [-0.2, -0.15) is 0 Å². The van der Waals surface area contributed by atoms with Crippen LogP contribution >= 0.6 is 0 Å². The van der Waals surface area contributed by atoms with Crippen molar-refractivity contribution in [2.75, 3.05) is 17.2 Å². The van der Waals surface area contributed by atoms with Crippen LogP contribution in [-0.2, 0) is 0 Å². The molecule has 2 rings (SSSR count). The van der Waals surface area contributed by atoms with Gasteiger partial charge in [0.25, 0.3) is 5.91 Å². The summed E-state index contributed by atoms with van der Waals surface area (Å²) >= 11 is 0. The number of nitrogens with one attached hydrogen (secondary N) is 2. The molecule has 0 fully saturated rings. The van der Waals surface area contributed by atoms with Crippen LogP contribution in [0.2, 0.25) is 0 Å². The number of hydrogen-bond acceptors (Lipinski definition) is 5. The van der Waals surface area contributed by atoms with E-state index in [-0.39, 0.29) is 5.56 Å². The number of anilines is 2. The van der Waals surface area contributed by atoms with Gasteiger partial charge in [-0.15, -0.1) is 0 Å². The Hall–Kier alpha value is -2.57. The second kappa shape index (κ2) is 6.55. The van der Waals surface area contributed by atoms with Crippen molar-refractivity contribution in [1.82, 2.24) is 15.0 Å². The molecule has 0 unspecified atom stereocenters. The highest BCUT2D eigenvalue weighted by atomic mass is 19.1. The SMILES string of the molecule is CCCNc1ncc(F)cc1C(=O)Nc1cncnc1. The van der Waals surface area contributed by atoms with E-state index in [9.17, 15) is 9.18 Å². The maximum absolute atomic E-state index is 13.3. The molecule has 2 N–H and O–H groups in total. The van der Waals surface area contributed by atoms with E-state index in [1.165, 1.54) is 18.7 Å². The third-order valence-electron chi connectivity index (χ3n) is 2.46. The molecule has 0 aliphatic rings. The molecule has 0 saturated heterocycles. The van der Waals surface area contributed by atoms with Crippen LogP contribution in [0.1, 0.15) is 23.7 Å². The average molecular weight is 275 g/mol. The van der Waals surface area contributed by atoms with Gasteiger partial charge in [0.05, 0.1) is 29.8 Å². The van der Waals surface area contributed by atoms with Crippen LogP contribution < -0.4 is 10.6 Å². The van der Waals surface area contributed by atoms with Crippen LogP contribution in [0, 0.1) is 5.82 Å². The van der Waals surface area contributed by atoms with E-state index in [4.69, 9.17) is 0 Å². The predicted molar refractivity (Wildman–Crippen MR) is 73.0 cm³/mol. The number of carbonyl (C=O) groups is 1. The van der Waals surface area contributed by atoms with Gasteiger partial charge in [-0.3, -0.25) is 4.79 Å². The first-order chi connectivity index (χ1) is 9.70. The fraction of sp³-hybridized carbons (Fsp3) is 0.231. The highest BCUT2D eigenvalue weighted by Gasteiger charge is 2.14. The molecule has 104 valence electrons. The number of aromatic nitrogens is 3. The first kappa shape index (κ1) is 13.9. The molecule has 1 amide bonds. The van der Waals surface area contributed by atoms with Crippen molar-refractivity contribution in [1.29, 1.82) is 0 Å². The fourth-order valence-electron chi connectivity index (χ4n) is 1.56. The largest absolute Gasteiger partial charge is 0.369 e. The van der Waals surface area contributed by atoms with Crippen LogP contribution in [0.4, 0.5) is 15.9 Å². The van der Waals surface area contributed by atoms with Gasteiger partial charge in [0.15, 0.2) is 0 Å². The fourth-order valence-corrected chi connectivity index (χ4v) is 1.56. The maximum Gasteiger partial charge on any atom is 0.259 e. The molecule has 6 nitrogen and oxygen atoms in total. The Morgan fingerprint density at radius 3 is 2.75 bits per heavy atom. The highest BCUT2D eigenvalue weighted by molar-refractivity contribution is 6.07. The van der Waals surface area contributed by atoms with Gasteiger partial charge in [0, 0.05) is 6.54 Å². The Bertz CT molecular complexity index is 591. The second-order valence-electron chi connectivity index (χ2n) is 4.06. The molecular weight excluding hydrogens is 261 g/mol. The standard InChI is InChI=1S/C13H14FN5O/c1-2-3-17-12-11(4-9(14)5-18-12)13(20)19-10-6-15-8-16-7-10/h4-8H,2-3H2,1H3,(H,17,18)(H,19,20). The molecular formula is C13H14FN5O. The predicted octanol–water partition coefficient (Wildman–Crippen LogP) is 2.08. The molecule has 0 spiro atoms.